The van der Waals surface area contributed by atoms with Gasteiger partial charge in [-0.1, -0.05) is 6.92 Å². The van der Waals surface area contributed by atoms with Crippen LogP contribution in [0.5, 0.6) is 0 Å². The Kier molecular flexibility index (Phi) is 6.27. The van der Waals surface area contributed by atoms with Crippen LogP contribution in [-0.4, -0.2) is 86.7 Å². The van der Waals surface area contributed by atoms with Gasteiger partial charge >= 0.3 is 0 Å². The lowest BCUT2D eigenvalue weighted by Gasteiger charge is -2.40. The third kappa shape index (κ3) is 4.42. The van der Waals surface area contributed by atoms with E-state index < -0.39 is 0 Å². The summed E-state index contributed by atoms with van der Waals surface area (Å²) in [6.45, 7) is 13.2. The maximum absolute atomic E-state index is 3.82. The first-order chi connectivity index (χ1) is 9.60. The molecule has 2 heterocycles. The second kappa shape index (κ2) is 7.74. The molecule has 118 valence electrons. The Morgan fingerprint density at radius 3 is 2.70 bits per heavy atom. The minimum absolute atomic E-state index is 0.644. The van der Waals surface area contributed by atoms with E-state index in [1.165, 1.54) is 52.1 Å². The molecule has 0 aliphatic carbocycles. The molecule has 2 saturated heterocycles. The summed E-state index contributed by atoms with van der Waals surface area (Å²) >= 11 is 0. The Morgan fingerprint density at radius 2 is 1.95 bits per heavy atom. The molecular weight excluding hydrogens is 248 g/mol. The van der Waals surface area contributed by atoms with Crippen molar-refractivity contribution in [1.82, 2.24) is 20.0 Å². The number of piperidine rings is 1. The molecule has 1 N–H and O–H groups in total. The van der Waals surface area contributed by atoms with Crippen LogP contribution in [0.4, 0.5) is 0 Å². The number of hydrogen-bond donors (Lipinski definition) is 1. The molecule has 0 aromatic rings. The van der Waals surface area contributed by atoms with Crippen molar-refractivity contribution < 1.29 is 0 Å². The molecule has 2 aliphatic heterocycles. The van der Waals surface area contributed by atoms with Gasteiger partial charge in [0.25, 0.3) is 0 Å². The van der Waals surface area contributed by atoms with Crippen LogP contribution >= 0.6 is 0 Å². The van der Waals surface area contributed by atoms with Gasteiger partial charge in [0.1, 0.15) is 0 Å². The zero-order valence-corrected chi connectivity index (χ0v) is 13.9. The summed E-state index contributed by atoms with van der Waals surface area (Å²) < 4.78 is 0. The molecule has 0 aromatic carbocycles. The Morgan fingerprint density at radius 1 is 1.15 bits per heavy atom. The van der Waals surface area contributed by atoms with Crippen molar-refractivity contribution in [2.24, 2.45) is 5.92 Å². The van der Waals surface area contributed by atoms with Gasteiger partial charge < -0.3 is 15.1 Å². The lowest BCUT2D eigenvalue weighted by molar-refractivity contribution is 0.104. The third-order valence-corrected chi connectivity index (χ3v) is 5.35. The molecule has 2 rings (SSSR count). The van der Waals surface area contributed by atoms with Gasteiger partial charge in [0.2, 0.25) is 0 Å². The summed E-state index contributed by atoms with van der Waals surface area (Å²) in [5, 5.41) is 3.82. The zero-order chi connectivity index (χ0) is 14.5. The van der Waals surface area contributed by atoms with Crippen molar-refractivity contribution in [3.8, 4) is 0 Å². The zero-order valence-electron chi connectivity index (χ0n) is 13.9. The van der Waals surface area contributed by atoms with Gasteiger partial charge in [0, 0.05) is 44.8 Å². The Labute approximate surface area is 125 Å². The number of likely N-dealkylation sites (tertiary alicyclic amines) is 1. The van der Waals surface area contributed by atoms with Crippen molar-refractivity contribution in [2.75, 3.05) is 59.9 Å². The molecule has 0 bridgehead atoms. The van der Waals surface area contributed by atoms with E-state index in [9.17, 15) is 0 Å². The number of nitrogens with zero attached hydrogens (tertiary/aromatic N) is 3. The molecule has 4 heteroatoms. The average Bonchev–Trinajstić information content (AvgIpc) is 2.48. The number of piperazine rings is 1. The fourth-order valence-corrected chi connectivity index (χ4v) is 3.60. The van der Waals surface area contributed by atoms with E-state index in [0.29, 0.717) is 12.1 Å². The van der Waals surface area contributed by atoms with Gasteiger partial charge in [-0.2, -0.15) is 0 Å². The molecule has 0 spiro atoms. The highest BCUT2D eigenvalue weighted by molar-refractivity contribution is 4.84. The first-order valence-corrected chi connectivity index (χ1v) is 8.44. The van der Waals surface area contributed by atoms with Crippen molar-refractivity contribution in [1.29, 1.82) is 0 Å². The van der Waals surface area contributed by atoms with Gasteiger partial charge in [0.05, 0.1) is 0 Å². The summed E-state index contributed by atoms with van der Waals surface area (Å²) in [6, 6.07) is 1.31. The van der Waals surface area contributed by atoms with Crippen LogP contribution in [0, 0.1) is 5.92 Å². The highest BCUT2D eigenvalue weighted by atomic mass is 15.3. The molecule has 0 saturated carbocycles. The molecular formula is C16H34N4. The second-order valence-electron chi connectivity index (χ2n) is 6.89. The van der Waals surface area contributed by atoms with E-state index in [0.717, 1.165) is 12.5 Å². The molecule has 4 nitrogen and oxygen atoms in total. The van der Waals surface area contributed by atoms with E-state index >= 15 is 0 Å². The van der Waals surface area contributed by atoms with Gasteiger partial charge in [-0.05, 0) is 52.9 Å². The maximum Gasteiger partial charge on any atom is 0.0345 e. The van der Waals surface area contributed by atoms with E-state index in [-0.39, 0.29) is 0 Å². The summed E-state index contributed by atoms with van der Waals surface area (Å²) in [5.74, 6) is 0.829. The first kappa shape index (κ1) is 16.2. The highest BCUT2D eigenvalue weighted by Gasteiger charge is 2.26. The van der Waals surface area contributed by atoms with Crippen LogP contribution in [-0.2, 0) is 0 Å². The van der Waals surface area contributed by atoms with Crippen molar-refractivity contribution >= 4 is 0 Å². The van der Waals surface area contributed by atoms with Crippen molar-refractivity contribution in [3.05, 3.63) is 0 Å². The number of rotatable bonds is 5. The fraction of sp³-hybridized carbons (Fsp3) is 1.00. The number of likely N-dealkylation sites (N-methyl/N-ethyl adjacent to an activating group) is 2. The van der Waals surface area contributed by atoms with Crippen LogP contribution in [0.15, 0.2) is 0 Å². The SMILES string of the molecule is CCN1CCCC(C(C)NCC2CN(C)CCN2C)C1. The molecule has 0 radical (unpaired) electrons. The largest absolute Gasteiger partial charge is 0.312 e. The smallest absolute Gasteiger partial charge is 0.0345 e. The van der Waals surface area contributed by atoms with Crippen LogP contribution in [0.1, 0.15) is 26.7 Å². The summed E-state index contributed by atoms with van der Waals surface area (Å²) in [5.41, 5.74) is 0. The first-order valence-electron chi connectivity index (χ1n) is 8.44. The lowest BCUT2D eigenvalue weighted by Crippen LogP contribution is -2.55. The average molecular weight is 282 g/mol. The van der Waals surface area contributed by atoms with Crippen molar-refractivity contribution in [2.45, 2.75) is 38.8 Å². The summed E-state index contributed by atoms with van der Waals surface area (Å²) in [4.78, 5) is 7.57. The van der Waals surface area contributed by atoms with Gasteiger partial charge in [-0.15, -0.1) is 0 Å². The number of nitrogens with one attached hydrogen (secondary N) is 1. The summed E-state index contributed by atoms with van der Waals surface area (Å²) in [6.07, 6.45) is 2.77. The van der Waals surface area contributed by atoms with E-state index in [1.807, 2.05) is 0 Å². The Bertz CT molecular complexity index is 284. The minimum Gasteiger partial charge on any atom is -0.312 e. The van der Waals surface area contributed by atoms with Crippen LogP contribution < -0.4 is 5.32 Å². The van der Waals surface area contributed by atoms with E-state index in [4.69, 9.17) is 0 Å². The molecule has 2 aliphatic rings. The minimum atomic E-state index is 0.644. The van der Waals surface area contributed by atoms with Crippen LogP contribution in [0.3, 0.4) is 0 Å². The second-order valence-corrected chi connectivity index (χ2v) is 6.89. The third-order valence-electron chi connectivity index (χ3n) is 5.35. The van der Waals surface area contributed by atoms with Crippen LogP contribution in [0.25, 0.3) is 0 Å². The molecule has 0 aromatic heterocycles. The van der Waals surface area contributed by atoms with E-state index in [1.54, 1.807) is 0 Å². The fourth-order valence-electron chi connectivity index (χ4n) is 3.60. The standard InChI is InChI=1S/C16H34N4/c1-5-20-8-6-7-15(12-20)14(2)17-11-16-13-18(3)9-10-19(16)4/h14-17H,5-13H2,1-4H3. The topological polar surface area (TPSA) is 21.8 Å². The van der Waals surface area contributed by atoms with Crippen molar-refractivity contribution in [3.63, 3.8) is 0 Å². The predicted molar refractivity (Wildman–Crippen MR) is 86.2 cm³/mol. The molecule has 2 fully saturated rings. The number of hydrogen-bond acceptors (Lipinski definition) is 4. The maximum atomic E-state index is 3.82. The molecule has 0 amide bonds. The molecule has 3 unspecified atom stereocenters. The summed E-state index contributed by atoms with van der Waals surface area (Å²) in [7, 11) is 4.51. The Hall–Kier alpha value is -0.160. The van der Waals surface area contributed by atoms with Gasteiger partial charge in [-0.3, -0.25) is 4.90 Å². The lowest BCUT2D eigenvalue weighted by atomic mass is 9.91. The Balaban J connectivity index is 1.75. The monoisotopic (exact) mass is 282 g/mol. The highest BCUT2D eigenvalue weighted by Crippen LogP contribution is 2.19. The van der Waals surface area contributed by atoms with E-state index in [2.05, 4.69) is 48.0 Å². The quantitative estimate of drug-likeness (QED) is 0.810. The normalized spacial score (nSPS) is 32.4. The van der Waals surface area contributed by atoms with Gasteiger partial charge in [0.15, 0.2) is 0 Å². The van der Waals surface area contributed by atoms with Crippen LogP contribution in [0.2, 0.25) is 0 Å². The molecule has 3 atom stereocenters. The van der Waals surface area contributed by atoms with Gasteiger partial charge in [-0.25, -0.2) is 0 Å². The predicted octanol–water partition coefficient (Wildman–Crippen LogP) is 0.942. The molecule has 20 heavy (non-hydrogen) atoms.